The van der Waals surface area contributed by atoms with Crippen LogP contribution in [0.3, 0.4) is 0 Å². The number of carbonyl (C=O) groups excluding carboxylic acids is 2. The molecular weight excluding hydrogens is 514 g/mol. The normalized spacial score (nSPS) is 22.7. The lowest BCUT2D eigenvalue weighted by Gasteiger charge is -2.25. The van der Waals surface area contributed by atoms with Gasteiger partial charge < -0.3 is 16.4 Å². The lowest BCUT2D eigenvalue weighted by atomic mass is 10.1. The van der Waals surface area contributed by atoms with E-state index >= 15 is 0 Å². The quantitative estimate of drug-likeness (QED) is 0.232. The molecule has 2 aliphatic heterocycles. The van der Waals surface area contributed by atoms with E-state index in [0.29, 0.717) is 34.9 Å². The van der Waals surface area contributed by atoms with E-state index in [9.17, 15) is 9.59 Å². The number of hydrogen-bond acceptors (Lipinski definition) is 7. The highest BCUT2D eigenvalue weighted by atomic mass is 16.2. The zero-order chi connectivity index (χ0) is 30.0. The van der Waals surface area contributed by atoms with Gasteiger partial charge in [0.05, 0.1) is 18.2 Å². The number of carbonyl (C=O) groups is 2. The van der Waals surface area contributed by atoms with Crippen molar-refractivity contribution >= 4 is 30.5 Å². The van der Waals surface area contributed by atoms with Gasteiger partial charge in [0.1, 0.15) is 5.82 Å². The standard InChI is InChI=1S/C32H47N7O2/c1-6-8-10-14-27(37-31(40)23-39-17-11-9-12-18-39)19-29(24(3)4)38-32(41)28-22-35-26(7-2)20-30(34-16-13-15-33)36-21-25(28)5/h10,13-16,19-22,26H,6-9,11-12,17-18,23,33H2,1-5H3,(H,37,40)(H,38,41)/b14-10+,15-13-,27-19+,28-25-,30-20-,34-16+,35-22?,36-21-. The minimum absolute atomic E-state index is 0.0598. The maximum atomic E-state index is 13.5. The number of nitrogens with one attached hydrogen (secondary N) is 2. The summed E-state index contributed by atoms with van der Waals surface area (Å²) in [5.41, 5.74) is 8.59. The molecule has 0 radical (unpaired) electrons. The molecule has 2 aliphatic rings. The van der Waals surface area contributed by atoms with Gasteiger partial charge in [-0.2, -0.15) is 0 Å². The molecule has 0 aliphatic carbocycles. The van der Waals surface area contributed by atoms with Crippen LogP contribution in [0, 0.1) is 0 Å². The fourth-order valence-corrected chi connectivity index (χ4v) is 4.14. The third-order valence-corrected chi connectivity index (χ3v) is 6.56. The van der Waals surface area contributed by atoms with E-state index < -0.39 is 0 Å². The Morgan fingerprint density at radius 2 is 1.90 bits per heavy atom. The fraction of sp³-hybridized carbons (Fsp3) is 0.469. The van der Waals surface area contributed by atoms with Crippen molar-refractivity contribution in [3.05, 3.63) is 70.5 Å². The van der Waals surface area contributed by atoms with Gasteiger partial charge >= 0.3 is 0 Å². The zero-order valence-corrected chi connectivity index (χ0v) is 25.3. The molecule has 41 heavy (non-hydrogen) atoms. The highest BCUT2D eigenvalue weighted by molar-refractivity contribution is 6.16. The van der Waals surface area contributed by atoms with E-state index in [1.54, 1.807) is 24.7 Å². The summed E-state index contributed by atoms with van der Waals surface area (Å²) in [6.07, 6.45) is 21.5. The molecule has 0 aromatic heterocycles. The predicted molar refractivity (Wildman–Crippen MR) is 171 cm³/mol. The first-order valence-electron chi connectivity index (χ1n) is 14.6. The predicted octanol–water partition coefficient (Wildman–Crippen LogP) is 4.87. The summed E-state index contributed by atoms with van der Waals surface area (Å²) in [5, 5.41) is 6.09. The number of likely N-dealkylation sites (tertiary alicyclic amines) is 1. The molecule has 9 nitrogen and oxygen atoms in total. The second-order valence-electron chi connectivity index (χ2n) is 10.3. The van der Waals surface area contributed by atoms with Crippen LogP contribution in [-0.2, 0) is 9.59 Å². The Balaban J connectivity index is 2.31. The minimum atomic E-state index is -0.311. The molecule has 2 rings (SSSR count). The molecule has 4 N–H and O–H groups in total. The second kappa shape index (κ2) is 18.5. The van der Waals surface area contributed by atoms with Crippen LogP contribution in [0.1, 0.15) is 73.1 Å². The number of allylic oxidation sites excluding steroid dienone is 6. The van der Waals surface area contributed by atoms with Crippen LogP contribution in [0.4, 0.5) is 0 Å². The monoisotopic (exact) mass is 561 g/mol. The Labute approximate surface area is 245 Å². The molecule has 1 fully saturated rings. The maximum Gasteiger partial charge on any atom is 0.257 e. The largest absolute Gasteiger partial charge is 0.405 e. The van der Waals surface area contributed by atoms with Crippen LogP contribution in [0.2, 0.25) is 0 Å². The molecule has 1 saturated heterocycles. The van der Waals surface area contributed by atoms with Crippen molar-refractivity contribution in [3.8, 4) is 0 Å². The first kappa shape index (κ1) is 33.4. The number of piperidine rings is 1. The molecule has 0 bridgehead atoms. The van der Waals surface area contributed by atoms with Gasteiger partial charge in [-0.15, -0.1) is 0 Å². The SMILES string of the molecule is CCC/C=C/C(=C\C(NC(=O)\C1=C(C)/C=N\C(\N=C\C=C/N)=C/C(CC)N=C1)=C(C)C)NC(=O)CN1CCCCC1. The van der Waals surface area contributed by atoms with Crippen LogP contribution in [0.5, 0.6) is 0 Å². The van der Waals surface area contributed by atoms with Crippen molar-refractivity contribution in [3.63, 3.8) is 0 Å². The molecular formula is C32H47N7O2. The summed E-state index contributed by atoms with van der Waals surface area (Å²) in [6, 6.07) is -0.192. The molecule has 0 spiro atoms. The minimum Gasteiger partial charge on any atom is -0.405 e. The van der Waals surface area contributed by atoms with Gasteiger partial charge in [0.15, 0.2) is 0 Å². The molecule has 0 aromatic carbocycles. The van der Waals surface area contributed by atoms with E-state index in [1.807, 2.05) is 52.0 Å². The maximum absolute atomic E-state index is 13.5. The van der Waals surface area contributed by atoms with Gasteiger partial charge in [-0.3, -0.25) is 19.5 Å². The van der Waals surface area contributed by atoms with E-state index in [0.717, 1.165) is 50.8 Å². The summed E-state index contributed by atoms with van der Waals surface area (Å²) in [6.45, 7) is 12.0. The molecule has 2 heterocycles. The first-order valence-corrected chi connectivity index (χ1v) is 14.6. The number of aliphatic imine (C=N–C) groups is 3. The van der Waals surface area contributed by atoms with Gasteiger partial charge in [0.25, 0.3) is 5.91 Å². The highest BCUT2D eigenvalue weighted by Crippen LogP contribution is 2.14. The summed E-state index contributed by atoms with van der Waals surface area (Å²) >= 11 is 0. The van der Waals surface area contributed by atoms with E-state index in [2.05, 4.69) is 37.4 Å². The summed E-state index contributed by atoms with van der Waals surface area (Å²) < 4.78 is 0. The number of amides is 2. The van der Waals surface area contributed by atoms with Gasteiger partial charge in [0, 0.05) is 30.0 Å². The lowest BCUT2D eigenvalue weighted by Crippen LogP contribution is -2.39. The smallest absolute Gasteiger partial charge is 0.257 e. The second-order valence-corrected chi connectivity index (χ2v) is 10.3. The van der Waals surface area contributed by atoms with Gasteiger partial charge in [-0.1, -0.05) is 38.3 Å². The molecule has 222 valence electrons. The highest BCUT2D eigenvalue weighted by Gasteiger charge is 2.17. The van der Waals surface area contributed by atoms with E-state index in [1.165, 1.54) is 12.6 Å². The number of rotatable bonds is 12. The van der Waals surface area contributed by atoms with Crippen LogP contribution in [0.25, 0.3) is 0 Å². The van der Waals surface area contributed by atoms with E-state index in [-0.39, 0.29) is 17.9 Å². The average Bonchev–Trinajstić information content (AvgIpc) is 3.02. The Morgan fingerprint density at radius 3 is 2.56 bits per heavy atom. The molecule has 0 aromatic rings. The number of nitrogens with two attached hydrogens (primary N) is 1. The number of unbranched alkanes of at least 4 members (excludes halogenated alkanes) is 1. The molecule has 9 heteroatoms. The van der Waals surface area contributed by atoms with Gasteiger partial charge in [0.2, 0.25) is 5.91 Å². The first-order chi connectivity index (χ1) is 19.8. The van der Waals surface area contributed by atoms with Crippen LogP contribution >= 0.6 is 0 Å². The fourth-order valence-electron chi connectivity index (χ4n) is 4.14. The summed E-state index contributed by atoms with van der Waals surface area (Å²) in [5.74, 6) is 0.120. The summed E-state index contributed by atoms with van der Waals surface area (Å²) in [7, 11) is 0. The molecule has 1 unspecified atom stereocenters. The van der Waals surface area contributed by atoms with Crippen LogP contribution in [-0.4, -0.2) is 61.0 Å². The van der Waals surface area contributed by atoms with Gasteiger partial charge in [-0.05, 0) is 95.6 Å². The lowest BCUT2D eigenvalue weighted by molar-refractivity contribution is -0.121. The number of nitrogens with zero attached hydrogens (tertiary/aromatic N) is 4. The van der Waals surface area contributed by atoms with Crippen molar-refractivity contribution in [2.75, 3.05) is 19.6 Å². The summed E-state index contributed by atoms with van der Waals surface area (Å²) in [4.78, 5) is 42.1. The van der Waals surface area contributed by atoms with Gasteiger partial charge in [-0.25, -0.2) is 9.98 Å². The Kier molecular flexibility index (Phi) is 15.0. The number of hydrogen-bond donors (Lipinski definition) is 3. The van der Waals surface area contributed by atoms with Crippen molar-refractivity contribution in [1.82, 2.24) is 15.5 Å². The van der Waals surface area contributed by atoms with E-state index in [4.69, 9.17) is 5.73 Å². The van der Waals surface area contributed by atoms with Crippen molar-refractivity contribution in [2.45, 2.75) is 79.2 Å². The van der Waals surface area contributed by atoms with Crippen molar-refractivity contribution in [1.29, 1.82) is 0 Å². The van der Waals surface area contributed by atoms with Crippen molar-refractivity contribution < 1.29 is 9.59 Å². The zero-order valence-electron chi connectivity index (χ0n) is 25.3. The molecule has 0 saturated carbocycles. The Bertz CT molecular complexity index is 1170. The third kappa shape index (κ3) is 12.5. The topological polar surface area (TPSA) is 125 Å². The van der Waals surface area contributed by atoms with Crippen LogP contribution in [0.15, 0.2) is 85.5 Å². The molecule has 1 atom stereocenters. The Morgan fingerprint density at radius 1 is 1.15 bits per heavy atom. The molecule has 2 amide bonds. The Hall–Kier alpha value is -3.85. The van der Waals surface area contributed by atoms with Crippen LogP contribution < -0.4 is 16.4 Å². The third-order valence-electron chi connectivity index (χ3n) is 6.56. The van der Waals surface area contributed by atoms with Crippen molar-refractivity contribution in [2.24, 2.45) is 20.7 Å². The average molecular weight is 562 g/mol.